The van der Waals surface area contributed by atoms with Gasteiger partial charge in [-0.1, -0.05) is 18.2 Å². The largest absolute Gasteiger partial charge is 0.441 e. The maximum atomic E-state index is 12.0. The number of rotatable bonds is 5. The smallest absolute Gasteiger partial charge is 0.346 e. The van der Waals surface area contributed by atoms with Gasteiger partial charge in [0.2, 0.25) is 0 Å². The fourth-order valence-corrected chi connectivity index (χ4v) is 2.81. The Morgan fingerprint density at radius 1 is 1.25 bits per heavy atom. The Morgan fingerprint density at radius 2 is 1.95 bits per heavy atom. The summed E-state index contributed by atoms with van der Waals surface area (Å²) in [5, 5.41) is 4.27. The highest BCUT2D eigenvalue weighted by molar-refractivity contribution is 8.00. The highest BCUT2D eigenvalue weighted by Gasteiger charge is 2.27. The average Bonchev–Trinajstić information content (AvgIpc) is 2.62. The number of aromatic nitrogens is 1. The number of para-hydroxylation sites is 1. The van der Waals surface area contributed by atoms with Crippen molar-refractivity contribution in [3.8, 4) is 0 Å². The summed E-state index contributed by atoms with van der Waals surface area (Å²) >= 11 is 0.0128. The third-order valence-corrected chi connectivity index (χ3v) is 4.08. The first kappa shape index (κ1) is 15.3. The molecule has 6 heteroatoms. The predicted octanol–water partition coefficient (Wildman–Crippen LogP) is 3.83. The van der Waals surface area contributed by atoms with E-state index in [2.05, 4.69) is 16.0 Å². The number of hydrogen-bond acceptors (Lipinski definition) is 2. The van der Waals surface area contributed by atoms with E-state index in [9.17, 15) is 13.2 Å². The second-order valence-corrected chi connectivity index (χ2v) is 5.78. The van der Waals surface area contributed by atoms with Gasteiger partial charge in [0, 0.05) is 42.5 Å². The van der Waals surface area contributed by atoms with Crippen LogP contribution in [0.4, 0.5) is 13.2 Å². The minimum absolute atomic E-state index is 0.0128. The Morgan fingerprint density at radius 3 is 2.60 bits per heavy atom. The summed E-state index contributed by atoms with van der Waals surface area (Å²) < 4.78 is 38.1. The molecule has 0 bridgehead atoms. The number of halogens is 3. The molecule has 0 aliphatic rings. The van der Waals surface area contributed by atoms with Crippen LogP contribution in [0.2, 0.25) is 0 Å². The van der Waals surface area contributed by atoms with Crippen molar-refractivity contribution in [2.45, 2.75) is 19.0 Å². The van der Waals surface area contributed by atoms with Crippen molar-refractivity contribution in [1.29, 1.82) is 0 Å². The summed E-state index contributed by atoms with van der Waals surface area (Å²) in [6, 6.07) is 8.09. The van der Waals surface area contributed by atoms with Crippen LogP contribution in [-0.4, -0.2) is 22.4 Å². The Balaban J connectivity index is 1.97. The first-order valence-corrected chi connectivity index (χ1v) is 7.33. The van der Waals surface area contributed by atoms with Gasteiger partial charge in [-0.3, -0.25) is 0 Å². The second-order valence-electron chi connectivity index (χ2n) is 4.62. The van der Waals surface area contributed by atoms with Crippen LogP contribution in [0.1, 0.15) is 11.3 Å². The number of thioether (sulfide) groups is 1. The third kappa shape index (κ3) is 3.49. The molecule has 0 radical (unpaired) electrons. The van der Waals surface area contributed by atoms with Crippen LogP contribution in [0, 0.1) is 6.92 Å². The quantitative estimate of drug-likeness (QED) is 0.845. The van der Waals surface area contributed by atoms with Crippen molar-refractivity contribution in [3.63, 3.8) is 0 Å². The number of fused-ring (bicyclic) bond motifs is 1. The van der Waals surface area contributed by atoms with Crippen LogP contribution in [0.15, 0.2) is 24.3 Å². The monoisotopic (exact) mass is 302 g/mol. The topological polar surface area (TPSA) is 17.0 Å². The molecule has 0 aliphatic heterocycles. The highest BCUT2D eigenvalue weighted by Crippen LogP contribution is 2.29. The Labute approximate surface area is 120 Å². The van der Waals surface area contributed by atoms with Gasteiger partial charge in [0.25, 0.3) is 0 Å². The molecule has 1 N–H and O–H groups in total. The number of aryl methyl sites for hydroxylation is 2. The van der Waals surface area contributed by atoms with E-state index in [-0.39, 0.29) is 17.5 Å². The van der Waals surface area contributed by atoms with Gasteiger partial charge in [-0.25, -0.2) is 0 Å². The van der Waals surface area contributed by atoms with Gasteiger partial charge in [-0.2, -0.15) is 13.2 Å². The van der Waals surface area contributed by atoms with Crippen molar-refractivity contribution in [2.24, 2.45) is 7.05 Å². The van der Waals surface area contributed by atoms with Crippen LogP contribution in [0.5, 0.6) is 0 Å². The van der Waals surface area contributed by atoms with E-state index < -0.39 is 5.51 Å². The molecule has 1 aromatic carbocycles. The van der Waals surface area contributed by atoms with Crippen LogP contribution in [0.25, 0.3) is 10.9 Å². The minimum atomic E-state index is -4.14. The minimum Gasteiger partial charge on any atom is -0.346 e. The van der Waals surface area contributed by atoms with Gasteiger partial charge in [0.1, 0.15) is 0 Å². The molecule has 2 aromatic rings. The Kier molecular flexibility index (Phi) is 4.65. The zero-order chi connectivity index (χ0) is 14.8. The maximum Gasteiger partial charge on any atom is 0.441 e. The van der Waals surface area contributed by atoms with Gasteiger partial charge in [0.05, 0.1) is 0 Å². The van der Waals surface area contributed by atoms with E-state index in [0.717, 1.165) is 11.2 Å². The molecule has 0 spiro atoms. The highest BCUT2D eigenvalue weighted by atomic mass is 32.2. The number of hydrogen-bond donors (Lipinski definition) is 1. The average molecular weight is 302 g/mol. The van der Waals surface area contributed by atoms with Gasteiger partial charge < -0.3 is 9.88 Å². The molecular weight excluding hydrogens is 285 g/mol. The molecular formula is C14H17F3N2S. The van der Waals surface area contributed by atoms with Crippen molar-refractivity contribution in [1.82, 2.24) is 9.88 Å². The van der Waals surface area contributed by atoms with E-state index in [4.69, 9.17) is 0 Å². The van der Waals surface area contributed by atoms with Crippen molar-refractivity contribution < 1.29 is 13.2 Å². The van der Waals surface area contributed by atoms with Crippen molar-refractivity contribution >= 4 is 22.7 Å². The van der Waals surface area contributed by atoms with Crippen molar-refractivity contribution in [2.75, 3.05) is 12.3 Å². The Bertz CT molecular complexity index is 551. The zero-order valence-electron chi connectivity index (χ0n) is 11.4. The molecule has 2 nitrogen and oxygen atoms in total. The van der Waals surface area contributed by atoms with Crippen molar-refractivity contribution in [3.05, 3.63) is 35.5 Å². The molecule has 2 rings (SSSR count). The third-order valence-electron chi connectivity index (χ3n) is 3.34. The lowest BCUT2D eigenvalue weighted by Gasteiger charge is -2.09. The normalized spacial score (nSPS) is 12.2. The molecule has 0 unspecified atom stereocenters. The molecule has 110 valence electrons. The van der Waals surface area contributed by atoms with Crippen LogP contribution >= 0.6 is 11.8 Å². The van der Waals surface area contributed by atoms with Crippen LogP contribution in [-0.2, 0) is 13.6 Å². The number of nitrogens with one attached hydrogen (secondary N) is 1. The molecule has 0 saturated heterocycles. The molecule has 1 heterocycles. The van der Waals surface area contributed by atoms with Crippen LogP contribution < -0.4 is 5.32 Å². The van der Waals surface area contributed by atoms with Gasteiger partial charge in [-0.15, -0.1) is 0 Å². The lowest BCUT2D eigenvalue weighted by Crippen LogP contribution is -2.20. The molecule has 0 atom stereocenters. The molecule has 0 saturated carbocycles. The van der Waals surface area contributed by atoms with E-state index in [1.54, 1.807) is 0 Å². The lowest BCUT2D eigenvalue weighted by molar-refractivity contribution is -0.0327. The summed E-state index contributed by atoms with van der Waals surface area (Å²) in [6.45, 7) is 2.96. The fraction of sp³-hybridized carbons (Fsp3) is 0.429. The number of benzene rings is 1. The van der Waals surface area contributed by atoms with Crippen LogP contribution in [0.3, 0.4) is 0 Å². The first-order chi connectivity index (χ1) is 9.40. The molecule has 0 aliphatic carbocycles. The molecule has 20 heavy (non-hydrogen) atoms. The second kappa shape index (κ2) is 6.10. The standard InChI is InChI=1S/C14H17F3N2S/c1-10-11-5-3-4-6-12(11)19(2)13(10)9-18-7-8-20-14(15,16)17/h3-6,18H,7-9H2,1-2H3. The Hall–Kier alpha value is -1.14. The van der Waals surface area contributed by atoms with Gasteiger partial charge >= 0.3 is 5.51 Å². The van der Waals surface area contributed by atoms with Gasteiger partial charge in [0.15, 0.2) is 0 Å². The molecule has 0 fully saturated rings. The van der Waals surface area contributed by atoms with Gasteiger partial charge in [-0.05, 0) is 30.3 Å². The van der Waals surface area contributed by atoms with E-state index in [1.807, 2.05) is 32.2 Å². The maximum absolute atomic E-state index is 12.0. The summed E-state index contributed by atoms with van der Waals surface area (Å²) in [5.41, 5.74) is -0.703. The number of nitrogens with zero attached hydrogens (tertiary/aromatic N) is 1. The first-order valence-electron chi connectivity index (χ1n) is 6.34. The lowest BCUT2D eigenvalue weighted by atomic mass is 10.1. The zero-order valence-corrected chi connectivity index (χ0v) is 12.2. The summed E-state index contributed by atoms with van der Waals surface area (Å²) in [6.07, 6.45) is 0. The summed E-state index contributed by atoms with van der Waals surface area (Å²) in [4.78, 5) is 0. The summed E-state index contributed by atoms with van der Waals surface area (Å²) in [5.74, 6) is 0.0342. The fourth-order valence-electron chi connectivity index (χ4n) is 2.33. The molecule has 1 aromatic heterocycles. The van der Waals surface area contributed by atoms with E-state index in [0.29, 0.717) is 13.1 Å². The predicted molar refractivity (Wildman–Crippen MR) is 77.9 cm³/mol. The SMILES string of the molecule is Cc1c(CNCCSC(F)(F)F)n(C)c2ccccc12. The molecule has 0 amide bonds. The van der Waals surface area contributed by atoms with E-state index >= 15 is 0 Å². The summed E-state index contributed by atoms with van der Waals surface area (Å²) in [7, 11) is 1.98. The number of alkyl halides is 3. The van der Waals surface area contributed by atoms with E-state index in [1.165, 1.54) is 10.9 Å².